The number of aliphatic hydroxyl groups is 1. The van der Waals surface area contributed by atoms with E-state index in [0.717, 1.165) is 12.8 Å². The molecule has 46 heavy (non-hydrogen) atoms. The second kappa shape index (κ2) is 10.6. The molecular weight excluding hydrogens is 624 g/mol. The maximum Gasteiger partial charge on any atom is 0.424 e. The van der Waals surface area contributed by atoms with E-state index in [1.54, 1.807) is 10.9 Å². The normalized spacial score (nSPS) is 19.0. The maximum atomic E-state index is 14.9. The van der Waals surface area contributed by atoms with Crippen molar-refractivity contribution in [1.82, 2.24) is 20.1 Å². The molecule has 0 spiro atoms. The molecule has 2 aromatic heterocycles. The molecule has 1 fully saturated rings. The molecule has 0 radical (unpaired) electrons. The Morgan fingerprint density at radius 3 is 2.52 bits per heavy atom. The molecule has 16 heteroatoms. The summed E-state index contributed by atoms with van der Waals surface area (Å²) in [5.74, 6) is -7.63. The standard InChI is InChI=1S/C30H25F6N5O5/c1-28(27(37)43)12-46-25-17(28)9-20(39-24(25)16-5-6-18(31)22(33)21(16)32)29(44,30(34,35)36)11-38-26(42)13-7-14-10-41(15-3-4-15)40-23(14)19(8-13)45-2/h5-10,15,44H,3-4,11-12H2,1-2H3,(H2,37,43)(H,38,42)/t28-,29-/m0/s1. The number of amides is 2. The van der Waals surface area contributed by atoms with Gasteiger partial charge in [0.2, 0.25) is 11.5 Å². The zero-order valence-electron chi connectivity index (χ0n) is 24.1. The number of benzene rings is 2. The lowest BCUT2D eigenvalue weighted by Gasteiger charge is -2.31. The molecule has 4 N–H and O–H groups in total. The highest BCUT2D eigenvalue weighted by molar-refractivity contribution is 6.00. The number of methoxy groups -OCH3 is 1. The number of fused-ring (bicyclic) bond motifs is 2. The minimum absolute atomic E-state index is 0.106. The number of hydrogen-bond acceptors (Lipinski definition) is 7. The van der Waals surface area contributed by atoms with Gasteiger partial charge >= 0.3 is 6.18 Å². The highest BCUT2D eigenvalue weighted by Gasteiger charge is 2.58. The van der Waals surface area contributed by atoms with E-state index in [1.165, 1.54) is 26.2 Å². The second-order valence-corrected chi connectivity index (χ2v) is 11.4. The molecule has 4 aromatic rings. The molecule has 0 bridgehead atoms. The Kier molecular flexibility index (Phi) is 7.18. The van der Waals surface area contributed by atoms with Crippen LogP contribution in [0.15, 0.2) is 36.5 Å². The smallest absolute Gasteiger partial charge is 0.424 e. The zero-order chi connectivity index (χ0) is 33.3. The van der Waals surface area contributed by atoms with Crippen molar-refractivity contribution in [3.05, 3.63) is 70.8 Å². The quantitative estimate of drug-likeness (QED) is 0.192. The van der Waals surface area contributed by atoms with Crippen LogP contribution in [0.4, 0.5) is 26.3 Å². The fraction of sp³-hybridized carbons (Fsp3) is 0.333. The van der Waals surface area contributed by atoms with E-state index in [1.807, 2.05) is 0 Å². The number of nitrogens with one attached hydrogen (secondary N) is 1. The number of ether oxygens (including phenoxy) is 2. The topological polar surface area (TPSA) is 142 Å². The average Bonchev–Trinajstić information content (AvgIpc) is 3.68. The van der Waals surface area contributed by atoms with E-state index < -0.39 is 82.3 Å². The Bertz CT molecular complexity index is 1930. The zero-order valence-corrected chi connectivity index (χ0v) is 24.1. The molecule has 2 aliphatic rings. The van der Waals surface area contributed by atoms with Gasteiger partial charge in [0.25, 0.3) is 5.91 Å². The summed E-state index contributed by atoms with van der Waals surface area (Å²) < 4.78 is 99.5. The first kappa shape index (κ1) is 31.1. The van der Waals surface area contributed by atoms with Gasteiger partial charge in [-0.3, -0.25) is 14.3 Å². The number of carbonyl (C=O) groups excluding carboxylic acids is 2. The highest BCUT2D eigenvalue weighted by Crippen LogP contribution is 2.48. The number of halogens is 6. The second-order valence-electron chi connectivity index (χ2n) is 11.4. The molecule has 1 saturated carbocycles. The van der Waals surface area contributed by atoms with Crippen LogP contribution in [0.25, 0.3) is 22.2 Å². The molecule has 2 atom stereocenters. The van der Waals surface area contributed by atoms with Gasteiger partial charge in [-0.05, 0) is 50.1 Å². The molecule has 1 aliphatic carbocycles. The van der Waals surface area contributed by atoms with Crippen molar-refractivity contribution in [2.24, 2.45) is 5.73 Å². The summed E-state index contributed by atoms with van der Waals surface area (Å²) in [7, 11) is 1.34. The molecule has 2 amide bonds. The van der Waals surface area contributed by atoms with E-state index in [0.29, 0.717) is 29.1 Å². The average molecular weight is 650 g/mol. The van der Waals surface area contributed by atoms with Crippen molar-refractivity contribution in [2.75, 3.05) is 20.3 Å². The van der Waals surface area contributed by atoms with Gasteiger partial charge in [0.15, 0.2) is 17.5 Å². The number of carbonyl (C=O) groups is 2. The van der Waals surface area contributed by atoms with Crippen LogP contribution in [0.2, 0.25) is 0 Å². The molecule has 3 heterocycles. The highest BCUT2D eigenvalue weighted by atomic mass is 19.4. The van der Waals surface area contributed by atoms with Crippen LogP contribution in [0, 0.1) is 17.5 Å². The van der Waals surface area contributed by atoms with Crippen LogP contribution < -0.4 is 20.5 Å². The first-order chi connectivity index (χ1) is 21.6. The number of rotatable bonds is 8. The summed E-state index contributed by atoms with van der Waals surface area (Å²) >= 11 is 0. The Hall–Kier alpha value is -4.86. The molecule has 242 valence electrons. The molecule has 2 aromatic carbocycles. The number of primary amides is 1. The molecule has 6 rings (SSSR count). The van der Waals surface area contributed by atoms with Gasteiger partial charge in [-0.25, -0.2) is 18.2 Å². The lowest BCUT2D eigenvalue weighted by Crippen LogP contribution is -2.51. The molecule has 0 unspecified atom stereocenters. The summed E-state index contributed by atoms with van der Waals surface area (Å²) in [6.07, 6.45) is -2.00. The van der Waals surface area contributed by atoms with Crippen molar-refractivity contribution in [3.63, 3.8) is 0 Å². The number of aromatic nitrogens is 3. The molecule has 1 aliphatic heterocycles. The molecule has 10 nitrogen and oxygen atoms in total. The van der Waals surface area contributed by atoms with Crippen LogP contribution >= 0.6 is 0 Å². The van der Waals surface area contributed by atoms with E-state index in [9.17, 15) is 41.0 Å². The van der Waals surface area contributed by atoms with E-state index in [4.69, 9.17) is 15.2 Å². The number of hydrogen-bond donors (Lipinski definition) is 3. The number of nitrogens with zero attached hydrogens (tertiary/aromatic N) is 3. The SMILES string of the molecule is COc1cc(C(=O)NC[C@](O)(c2cc3c(c(-c4ccc(F)c(F)c4F)n2)OC[C@]3(C)C(N)=O)C(F)(F)F)cc2cn(C3CC3)nc12. The van der Waals surface area contributed by atoms with Crippen molar-refractivity contribution in [2.45, 2.75) is 43.0 Å². The Morgan fingerprint density at radius 2 is 1.89 bits per heavy atom. The van der Waals surface area contributed by atoms with Gasteiger partial charge < -0.3 is 25.6 Å². The van der Waals surface area contributed by atoms with Crippen molar-refractivity contribution < 1.29 is 50.5 Å². The predicted molar refractivity (Wildman–Crippen MR) is 148 cm³/mol. The molecule has 0 saturated heterocycles. The van der Waals surface area contributed by atoms with Gasteiger partial charge in [-0.15, -0.1) is 0 Å². The third-order valence-electron chi connectivity index (χ3n) is 8.30. The van der Waals surface area contributed by atoms with Crippen LogP contribution in [0.5, 0.6) is 11.5 Å². The van der Waals surface area contributed by atoms with Gasteiger partial charge in [-0.2, -0.15) is 18.3 Å². The van der Waals surface area contributed by atoms with Crippen LogP contribution in [-0.4, -0.2) is 58.1 Å². The van der Waals surface area contributed by atoms with Crippen LogP contribution in [-0.2, 0) is 15.8 Å². The minimum Gasteiger partial charge on any atom is -0.494 e. The van der Waals surface area contributed by atoms with E-state index in [2.05, 4.69) is 15.4 Å². The Balaban J connectivity index is 1.43. The van der Waals surface area contributed by atoms with Gasteiger partial charge in [-0.1, -0.05) is 0 Å². The Labute approximate surface area is 256 Å². The van der Waals surface area contributed by atoms with Crippen molar-refractivity contribution >= 4 is 22.7 Å². The summed E-state index contributed by atoms with van der Waals surface area (Å²) in [6.45, 7) is -0.778. The minimum atomic E-state index is -5.53. The summed E-state index contributed by atoms with van der Waals surface area (Å²) in [5.41, 5.74) is -2.97. The summed E-state index contributed by atoms with van der Waals surface area (Å²) in [6, 6.07) is 4.82. The van der Waals surface area contributed by atoms with Crippen LogP contribution in [0.3, 0.4) is 0 Å². The first-order valence-electron chi connectivity index (χ1n) is 13.9. The summed E-state index contributed by atoms with van der Waals surface area (Å²) in [5, 5.41) is 18.2. The number of alkyl halides is 3. The third-order valence-corrected chi connectivity index (χ3v) is 8.30. The van der Waals surface area contributed by atoms with E-state index in [-0.39, 0.29) is 22.9 Å². The van der Waals surface area contributed by atoms with Gasteiger partial charge in [0.05, 0.1) is 25.4 Å². The lowest BCUT2D eigenvalue weighted by atomic mass is 9.81. The fourth-order valence-corrected chi connectivity index (χ4v) is 5.27. The number of pyridine rings is 1. The maximum absolute atomic E-state index is 14.9. The van der Waals surface area contributed by atoms with Gasteiger partial charge in [0, 0.05) is 28.3 Å². The van der Waals surface area contributed by atoms with Gasteiger partial charge in [0.1, 0.15) is 34.7 Å². The predicted octanol–water partition coefficient (Wildman–Crippen LogP) is 4.17. The number of nitrogens with two attached hydrogens (primary N) is 1. The first-order valence-corrected chi connectivity index (χ1v) is 13.9. The van der Waals surface area contributed by atoms with Crippen molar-refractivity contribution in [1.29, 1.82) is 0 Å². The third kappa shape index (κ3) is 4.87. The largest absolute Gasteiger partial charge is 0.494 e. The fourth-order valence-electron chi connectivity index (χ4n) is 5.27. The van der Waals surface area contributed by atoms with Crippen LogP contribution in [0.1, 0.15) is 47.4 Å². The summed E-state index contributed by atoms with van der Waals surface area (Å²) in [4.78, 5) is 29.4. The van der Waals surface area contributed by atoms with Crippen molar-refractivity contribution in [3.8, 4) is 22.8 Å². The lowest BCUT2D eigenvalue weighted by molar-refractivity contribution is -0.265. The Morgan fingerprint density at radius 1 is 1.17 bits per heavy atom. The monoisotopic (exact) mass is 649 g/mol. The molecular formula is C30H25F6N5O5. The van der Waals surface area contributed by atoms with E-state index >= 15 is 0 Å².